The molecular formula is C22H21Cl3N4O3S. The number of nitrogens with one attached hydrogen (secondary N) is 1. The number of halogens is 3. The second kappa shape index (κ2) is 10.2. The van der Waals surface area contributed by atoms with Gasteiger partial charge in [0.1, 0.15) is 6.54 Å². The molecule has 7 nitrogen and oxygen atoms in total. The van der Waals surface area contributed by atoms with E-state index < -0.39 is 22.5 Å². The summed E-state index contributed by atoms with van der Waals surface area (Å²) in [7, 11) is -3.75. The predicted octanol–water partition coefficient (Wildman–Crippen LogP) is 4.97. The van der Waals surface area contributed by atoms with E-state index in [0.717, 1.165) is 33.2 Å². The van der Waals surface area contributed by atoms with Crippen LogP contribution in [0.15, 0.2) is 53.6 Å². The van der Waals surface area contributed by atoms with Gasteiger partial charge in [-0.15, -0.1) is 0 Å². The number of aromatic nitrogens is 1. The molecule has 33 heavy (non-hydrogen) atoms. The van der Waals surface area contributed by atoms with Crippen LogP contribution in [0.25, 0.3) is 5.69 Å². The van der Waals surface area contributed by atoms with Crippen molar-refractivity contribution >= 4 is 62.6 Å². The third-order valence-electron chi connectivity index (χ3n) is 4.84. The van der Waals surface area contributed by atoms with Crippen LogP contribution in [0.4, 0.5) is 5.69 Å². The minimum atomic E-state index is -3.75. The number of hydrazone groups is 1. The average molecular weight is 528 g/mol. The quantitative estimate of drug-likeness (QED) is 0.348. The van der Waals surface area contributed by atoms with Gasteiger partial charge in [-0.05, 0) is 44.2 Å². The first-order valence-corrected chi connectivity index (χ1v) is 12.7. The molecule has 3 aromatic rings. The van der Waals surface area contributed by atoms with Gasteiger partial charge >= 0.3 is 0 Å². The predicted molar refractivity (Wildman–Crippen MR) is 135 cm³/mol. The maximum atomic E-state index is 12.4. The van der Waals surface area contributed by atoms with Gasteiger partial charge in [0.15, 0.2) is 0 Å². The minimum absolute atomic E-state index is 0.211. The van der Waals surface area contributed by atoms with E-state index in [4.69, 9.17) is 34.8 Å². The molecule has 0 aliphatic rings. The van der Waals surface area contributed by atoms with Crippen LogP contribution in [-0.2, 0) is 14.8 Å². The summed E-state index contributed by atoms with van der Waals surface area (Å²) in [4.78, 5) is 12.4. The van der Waals surface area contributed by atoms with Gasteiger partial charge in [0.2, 0.25) is 10.0 Å². The molecule has 0 bridgehead atoms. The van der Waals surface area contributed by atoms with Gasteiger partial charge in [-0.1, -0.05) is 53.0 Å². The summed E-state index contributed by atoms with van der Waals surface area (Å²) in [6.45, 7) is 3.32. The lowest BCUT2D eigenvalue weighted by atomic mass is 10.2. The van der Waals surface area contributed by atoms with E-state index in [2.05, 4.69) is 10.5 Å². The van der Waals surface area contributed by atoms with Gasteiger partial charge in [-0.25, -0.2) is 13.8 Å². The maximum Gasteiger partial charge on any atom is 0.260 e. The Balaban J connectivity index is 1.78. The van der Waals surface area contributed by atoms with E-state index in [-0.39, 0.29) is 10.7 Å². The lowest BCUT2D eigenvalue weighted by Gasteiger charge is -2.22. The first-order chi connectivity index (χ1) is 15.5. The monoisotopic (exact) mass is 526 g/mol. The lowest BCUT2D eigenvalue weighted by molar-refractivity contribution is -0.119. The van der Waals surface area contributed by atoms with Crippen molar-refractivity contribution in [2.24, 2.45) is 5.10 Å². The molecule has 0 unspecified atom stereocenters. The molecule has 3 rings (SSSR count). The molecule has 1 heterocycles. The van der Waals surface area contributed by atoms with Crippen molar-refractivity contribution in [3.63, 3.8) is 0 Å². The molecule has 11 heteroatoms. The van der Waals surface area contributed by atoms with Crippen molar-refractivity contribution < 1.29 is 13.2 Å². The van der Waals surface area contributed by atoms with E-state index in [0.29, 0.717) is 10.0 Å². The van der Waals surface area contributed by atoms with E-state index in [1.807, 2.05) is 36.6 Å². The fourth-order valence-corrected chi connectivity index (χ4v) is 4.86. The zero-order chi connectivity index (χ0) is 24.3. The third-order valence-corrected chi connectivity index (χ3v) is 7.10. The Labute approximate surface area is 207 Å². The van der Waals surface area contributed by atoms with Crippen molar-refractivity contribution in [3.8, 4) is 5.69 Å². The van der Waals surface area contributed by atoms with Gasteiger partial charge < -0.3 is 4.57 Å². The van der Waals surface area contributed by atoms with Crippen LogP contribution < -0.4 is 9.73 Å². The van der Waals surface area contributed by atoms with Gasteiger partial charge in [-0.2, -0.15) is 5.10 Å². The lowest BCUT2D eigenvalue weighted by Crippen LogP contribution is -2.39. The summed E-state index contributed by atoms with van der Waals surface area (Å²) in [5, 5.41) is 5.08. The minimum Gasteiger partial charge on any atom is -0.316 e. The number of hydrogen-bond donors (Lipinski definition) is 1. The SMILES string of the molecule is Cc1cc(/C=N\NC(=O)CN(c2ccccc2Cl)S(C)(=O)=O)c(C)n1-c1cccc(Cl)c1Cl. The maximum absolute atomic E-state index is 12.4. The van der Waals surface area contributed by atoms with Gasteiger partial charge in [0, 0.05) is 17.0 Å². The number of benzene rings is 2. The summed E-state index contributed by atoms with van der Waals surface area (Å²) in [6, 6.07) is 13.6. The molecule has 0 atom stereocenters. The second-order valence-corrected chi connectivity index (χ2v) is 10.3. The first kappa shape index (κ1) is 25.1. The average Bonchev–Trinajstić information content (AvgIpc) is 3.01. The molecule has 0 saturated heterocycles. The first-order valence-electron chi connectivity index (χ1n) is 9.68. The highest BCUT2D eigenvalue weighted by Crippen LogP contribution is 2.31. The zero-order valence-electron chi connectivity index (χ0n) is 18.0. The fourth-order valence-electron chi connectivity index (χ4n) is 3.33. The van der Waals surface area contributed by atoms with Crippen LogP contribution in [0.2, 0.25) is 15.1 Å². The van der Waals surface area contributed by atoms with Crippen molar-refractivity contribution in [1.82, 2.24) is 9.99 Å². The summed E-state index contributed by atoms with van der Waals surface area (Å²) in [5.74, 6) is -0.622. The highest BCUT2D eigenvalue weighted by atomic mass is 35.5. The molecule has 0 aliphatic carbocycles. The highest BCUT2D eigenvalue weighted by Gasteiger charge is 2.22. The number of hydrogen-bond acceptors (Lipinski definition) is 4. The van der Waals surface area contributed by atoms with Crippen molar-refractivity contribution in [1.29, 1.82) is 0 Å². The summed E-state index contributed by atoms with van der Waals surface area (Å²) in [6.07, 6.45) is 2.48. The number of carbonyl (C=O) groups is 1. The number of carbonyl (C=O) groups excluding carboxylic acids is 1. The van der Waals surface area contributed by atoms with Crippen molar-refractivity contribution in [2.75, 3.05) is 17.1 Å². The number of para-hydroxylation sites is 1. The molecule has 2 aromatic carbocycles. The number of nitrogens with zero attached hydrogens (tertiary/aromatic N) is 3. The topological polar surface area (TPSA) is 83.8 Å². The third kappa shape index (κ3) is 5.70. The Morgan fingerprint density at radius 1 is 1.09 bits per heavy atom. The van der Waals surface area contributed by atoms with E-state index in [1.54, 1.807) is 24.3 Å². The number of amides is 1. The van der Waals surface area contributed by atoms with Gasteiger partial charge in [0.25, 0.3) is 5.91 Å². The summed E-state index contributed by atoms with van der Waals surface area (Å²) >= 11 is 18.6. The van der Waals surface area contributed by atoms with E-state index in [9.17, 15) is 13.2 Å². The molecule has 1 N–H and O–H groups in total. The molecule has 0 aliphatic heterocycles. The molecule has 0 fully saturated rings. The van der Waals surface area contributed by atoms with Gasteiger partial charge in [0.05, 0.1) is 38.9 Å². The van der Waals surface area contributed by atoms with Crippen molar-refractivity contribution in [2.45, 2.75) is 13.8 Å². The van der Waals surface area contributed by atoms with E-state index >= 15 is 0 Å². The molecule has 0 spiro atoms. The Kier molecular flexibility index (Phi) is 7.74. The number of rotatable bonds is 7. The van der Waals surface area contributed by atoms with Crippen LogP contribution in [0.5, 0.6) is 0 Å². The summed E-state index contributed by atoms with van der Waals surface area (Å²) < 4.78 is 27.3. The second-order valence-electron chi connectivity index (χ2n) is 7.25. The molecule has 0 saturated carbocycles. The number of sulfonamides is 1. The highest BCUT2D eigenvalue weighted by molar-refractivity contribution is 7.92. The molecule has 174 valence electrons. The fraction of sp³-hybridized carbons (Fsp3) is 0.182. The summed E-state index contributed by atoms with van der Waals surface area (Å²) in [5.41, 5.74) is 5.78. The van der Waals surface area contributed by atoms with Gasteiger partial charge in [-0.3, -0.25) is 9.10 Å². The Bertz CT molecular complexity index is 1340. The van der Waals surface area contributed by atoms with Crippen LogP contribution >= 0.6 is 34.8 Å². The van der Waals surface area contributed by atoms with Crippen LogP contribution in [0.1, 0.15) is 17.0 Å². The zero-order valence-corrected chi connectivity index (χ0v) is 21.1. The Morgan fingerprint density at radius 3 is 2.42 bits per heavy atom. The number of aryl methyl sites for hydroxylation is 1. The standard InChI is InChI=1S/C22H21Cl3N4O3S/c1-14-11-16(15(2)29(14)20-10-6-8-18(24)22(20)25)12-26-27-21(30)13-28(33(3,31)32)19-9-5-4-7-17(19)23/h4-12H,13H2,1-3H3,(H,27,30)/b26-12-. The van der Waals surface area contributed by atoms with Crippen LogP contribution in [-0.4, -0.2) is 37.9 Å². The normalized spacial score (nSPS) is 11.7. The van der Waals surface area contributed by atoms with Crippen LogP contribution in [0, 0.1) is 13.8 Å². The molecular weight excluding hydrogens is 507 g/mol. The Morgan fingerprint density at radius 2 is 1.76 bits per heavy atom. The molecule has 1 aromatic heterocycles. The molecule has 0 radical (unpaired) electrons. The smallest absolute Gasteiger partial charge is 0.260 e. The van der Waals surface area contributed by atoms with Crippen molar-refractivity contribution in [3.05, 3.63) is 80.6 Å². The number of anilines is 1. The molecule has 1 amide bonds. The Hall–Kier alpha value is -2.52. The largest absolute Gasteiger partial charge is 0.316 e. The van der Waals surface area contributed by atoms with Crippen LogP contribution in [0.3, 0.4) is 0 Å². The van der Waals surface area contributed by atoms with E-state index in [1.165, 1.54) is 12.3 Å².